The molecular formula is C59H52N2. The first-order chi connectivity index (χ1) is 29.9. The number of allylic oxidation sites excluding steroid dienone is 1. The van der Waals surface area contributed by atoms with Gasteiger partial charge in [0.1, 0.15) is 0 Å². The Morgan fingerprint density at radius 3 is 1.87 bits per heavy atom. The number of fused-ring (bicyclic) bond motifs is 8. The van der Waals surface area contributed by atoms with Crippen LogP contribution in [-0.4, -0.2) is 9.13 Å². The predicted molar refractivity (Wildman–Crippen MR) is 262 cm³/mol. The van der Waals surface area contributed by atoms with Crippen molar-refractivity contribution >= 4 is 60.3 Å². The molecule has 0 radical (unpaired) electrons. The van der Waals surface area contributed by atoms with E-state index in [0.29, 0.717) is 0 Å². The van der Waals surface area contributed by atoms with Gasteiger partial charge in [0.25, 0.3) is 0 Å². The topological polar surface area (TPSA) is 9.86 Å². The summed E-state index contributed by atoms with van der Waals surface area (Å²) in [6.45, 7) is 9.14. The first-order valence-corrected chi connectivity index (χ1v) is 22.4. The third-order valence-electron chi connectivity index (χ3n) is 13.5. The number of nitrogens with zero attached hydrogens (tertiary/aromatic N) is 2. The van der Waals surface area contributed by atoms with Gasteiger partial charge < -0.3 is 9.13 Å². The van der Waals surface area contributed by atoms with Crippen LogP contribution >= 0.6 is 0 Å². The van der Waals surface area contributed by atoms with Crippen molar-refractivity contribution in [3.8, 4) is 22.5 Å². The van der Waals surface area contributed by atoms with E-state index in [2.05, 4.69) is 207 Å². The molecule has 61 heavy (non-hydrogen) atoms. The minimum absolute atomic E-state index is 0.134. The molecule has 11 rings (SSSR count). The van der Waals surface area contributed by atoms with Gasteiger partial charge in [0.2, 0.25) is 0 Å². The second kappa shape index (κ2) is 14.8. The second-order valence-electron chi connectivity index (χ2n) is 18.1. The first-order valence-electron chi connectivity index (χ1n) is 22.4. The highest BCUT2D eigenvalue weighted by Crippen LogP contribution is 2.41. The van der Waals surface area contributed by atoms with Crippen molar-refractivity contribution in [1.82, 2.24) is 9.13 Å². The van der Waals surface area contributed by atoms with Gasteiger partial charge in [-0.05, 0) is 147 Å². The molecule has 0 saturated carbocycles. The van der Waals surface area contributed by atoms with Gasteiger partial charge in [-0.25, -0.2) is 0 Å². The summed E-state index contributed by atoms with van der Waals surface area (Å²) in [5.41, 5.74) is 17.5. The zero-order valence-corrected chi connectivity index (χ0v) is 35.8. The van der Waals surface area contributed by atoms with Gasteiger partial charge in [-0.15, -0.1) is 0 Å². The summed E-state index contributed by atoms with van der Waals surface area (Å²) in [5, 5.41) is 9.40. The Bertz CT molecular complexity index is 3270. The Morgan fingerprint density at radius 2 is 1.16 bits per heavy atom. The lowest BCUT2D eigenvalue weighted by molar-refractivity contribution is 0.590. The van der Waals surface area contributed by atoms with Crippen molar-refractivity contribution in [2.24, 2.45) is 0 Å². The van der Waals surface area contributed by atoms with Crippen molar-refractivity contribution in [2.75, 3.05) is 0 Å². The number of rotatable bonds is 8. The Labute approximate surface area is 359 Å². The average Bonchev–Trinajstić information content (AvgIpc) is 3.81. The fourth-order valence-electron chi connectivity index (χ4n) is 10.6. The minimum Gasteiger partial charge on any atom is -0.313 e. The molecule has 2 heterocycles. The molecule has 0 N–H and O–H groups in total. The minimum atomic E-state index is 0.134. The van der Waals surface area contributed by atoms with Gasteiger partial charge in [0, 0.05) is 38.8 Å². The maximum atomic E-state index is 2.54. The van der Waals surface area contributed by atoms with Crippen LogP contribution in [0.25, 0.3) is 82.8 Å². The van der Waals surface area contributed by atoms with E-state index in [0.717, 1.165) is 38.5 Å². The molecule has 0 amide bonds. The van der Waals surface area contributed by atoms with Gasteiger partial charge in [-0.1, -0.05) is 149 Å². The highest BCUT2D eigenvalue weighted by molar-refractivity contribution is 6.15. The van der Waals surface area contributed by atoms with Crippen molar-refractivity contribution < 1.29 is 0 Å². The molecule has 0 aliphatic heterocycles. The molecule has 1 aliphatic rings. The molecule has 0 bridgehead atoms. The summed E-state index contributed by atoms with van der Waals surface area (Å²) in [6, 6.07) is 59.5. The molecule has 1 aliphatic carbocycles. The molecule has 298 valence electrons. The maximum absolute atomic E-state index is 2.54. The number of hydrogen-bond donors (Lipinski definition) is 0. The summed E-state index contributed by atoms with van der Waals surface area (Å²) >= 11 is 0. The molecule has 2 heteroatoms. The summed E-state index contributed by atoms with van der Waals surface area (Å²) in [6.07, 6.45) is 11.1. The van der Waals surface area contributed by atoms with Gasteiger partial charge in [0.15, 0.2) is 0 Å². The van der Waals surface area contributed by atoms with Gasteiger partial charge in [0.05, 0.1) is 16.6 Å². The Kier molecular flexibility index (Phi) is 9.08. The van der Waals surface area contributed by atoms with Crippen LogP contribution in [0.4, 0.5) is 0 Å². The summed E-state index contributed by atoms with van der Waals surface area (Å²) in [5.74, 6) is 0. The zero-order valence-electron chi connectivity index (χ0n) is 35.8. The Balaban J connectivity index is 0.911. The quantitative estimate of drug-likeness (QED) is 0.136. The molecule has 0 spiro atoms. The molecule has 0 saturated heterocycles. The Morgan fingerprint density at radius 1 is 0.541 bits per heavy atom. The van der Waals surface area contributed by atoms with Gasteiger partial charge >= 0.3 is 0 Å². The fourth-order valence-corrected chi connectivity index (χ4v) is 10.6. The lowest BCUT2D eigenvalue weighted by Crippen LogP contribution is -2.11. The molecule has 10 aromatic rings. The van der Waals surface area contributed by atoms with Crippen molar-refractivity contribution in [1.29, 1.82) is 0 Å². The van der Waals surface area contributed by atoms with E-state index in [-0.39, 0.29) is 5.41 Å². The van der Waals surface area contributed by atoms with Crippen LogP contribution in [-0.2, 0) is 31.1 Å². The van der Waals surface area contributed by atoms with E-state index >= 15 is 0 Å². The smallest absolute Gasteiger partial charge is 0.0541 e. The molecule has 0 fully saturated rings. The van der Waals surface area contributed by atoms with Crippen molar-refractivity contribution in [3.05, 3.63) is 197 Å². The Hall–Kier alpha value is -6.64. The second-order valence-corrected chi connectivity index (χ2v) is 18.1. The number of aromatic nitrogens is 2. The molecule has 0 atom stereocenters. The monoisotopic (exact) mass is 788 g/mol. The van der Waals surface area contributed by atoms with E-state index < -0.39 is 0 Å². The lowest BCUT2D eigenvalue weighted by Gasteiger charge is -2.20. The molecule has 2 aromatic heterocycles. The number of para-hydroxylation sites is 1. The van der Waals surface area contributed by atoms with E-state index in [9.17, 15) is 0 Å². The largest absolute Gasteiger partial charge is 0.313 e. The van der Waals surface area contributed by atoms with Crippen molar-refractivity contribution in [2.45, 2.75) is 71.6 Å². The summed E-state index contributed by atoms with van der Waals surface area (Å²) < 4.78 is 4.99. The van der Waals surface area contributed by atoms with Crippen LogP contribution < -0.4 is 0 Å². The summed E-state index contributed by atoms with van der Waals surface area (Å²) in [7, 11) is 0. The maximum Gasteiger partial charge on any atom is 0.0541 e. The van der Waals surface area contributed by atoms with Crippen LogP contribution in [0.1, 0.15) is 74.0 Å². The third kappa shape index (κ3) is 6.23. The highest BCUT2D eigenvalue weighted by atomic mass is 15.0. The zero-order chi connectivity index (χ0) is 41.2. The van der Waals surface area contributed by atoms with Crippen LogP contribution in [0, 0.1) is 0 Å². The first kappa shape index (κ1) is 37.4. The fraction of sp³-hybridized carbons (Fsp3) is 0.186. The van der Waals surface area contributed by atoms with Crippen LogP contribution in [0.5, 0.6) is 0 Å². The van der Waals surface area contributed by atoms with Crippen LogP contribution in [0.2, 0.25) is 0 Å². The molecular weight excluding hydrogens is 737 g/mol. The van der Waals surface area contributed by atoms with E-state index in [4.69, 9.17) is 0 Å². The van der Waals surface area contributed by atoms with E-state index in [1.165, 1.54) is 110 Å². The van der Waals surface area contributed by atoms with Crippen molar-refractivity contribution in [3.63, 3.8) is 0 Å². The average molecular weight is 789 g/mol. The SMILES string of the molecule is CCc1c2ccccc2c(-c2ccc(-n3c4ccccc4c4cc(CCCc5cccc6c5c5c(n6-c6ccc(C(C)(C)C)cc6)CCC=C5)ccc43)cc2)c2ccccc12. The van der Waals surface area contributed by atoms with E-state index in [1.807, 2.05) is 0 Å². The number of aryl methyl sites for hydroxylation is 3. The van der Waals surface area contributed by atoms with Gasteiger partial charge in [-0.2, -0.15) is 0 Å². The lowest BCUT2D eigenvalue weighted by atomic mass is 9.87. The van der Waals surface area contributed by atoms with Crippen LogP contribution in [0.15, 0.2) is 164 Å². The molecule has 8 aromatic carbocycles. The highest BCUT2D eigenvalue weighted by Gasteiger charge is 2.22. The number of benzene rings is 8. The standard InChI is InChI=1S/C59H52N2/c1-5-45-46-19-6-8-22-49(46)57(50-23-9-7-20-47(45)50)41-29-33-43(34-30-41)60-53-25-12-10-21-48(53)52-38-39(28-37-55(52)60)16-14-17-40-18-15-27-56-58(40)51-24-11-13-26-54(51)61(56)44-35-31-42(32-36-44)59(2,3)4/h6-12,15,18-25,27-38H,5,13-14,16-17,26H2,1-4H3. The normalized spacial score (nSPS) is 13.0. The summed E-state index contributed by atoms with van der Waals surface area (Å²) in [4.78, 5) is 0. The number of hydrogen-bond acceptors (Lipinski definition) is 0. The van der Waals surface area contributed by atoms with E-state index in [1.54, 1.807) is 0 Å². The third-order valence-corrected chi connectivity index (χ3v) is 13.5. The predicted octanol–water partition coefficient (Wildman–Crippen LogP) is 15.7. The van der Waals surface area contributed by atoms with Crippen LogP contribution in [0.3, 0.4) is 0 Å². The van der Waals surface area contributed by atoms with Gasteiger partial charge in [-0.3, -0.25) is 0 Å². The molecule has 0 unspecified atom stereocenters. The molecule has 2 nitrogen and oxygen atoms in total.